The minimum Gasteiger partial charge on any atom is -0.207 e. The average Bonchev–Trinajstić information content (AvgIpc) is 3.45. The molecular formula is C26H15F3S2. The molecule has 2 heterocycles. The zero-order valence-corrected chi connectivity index (χ0v) is 17.7. The van der Waals surface area contributed by atoms with Crippen molar-refractivity contribution in [1.29, 1.82) is 0 Å². The van der Waals surface area contributed by atoms with E-state index in [4.69, 9.17) is 0 Å². The van der Waals surface area contributed by atoms with Crippen molar-refractivity contribution in [3.63, 3.8) is 0 Å². The lowest BCUT2D eigenvalue weighted by Gasteiger charge is -2.09. The predicted octanol–water partition coefficient (Wildman–Crippen LogP) is 8.89. The van der Waals surface area contributed by atoms with Crippen LogP contribution in [0.25, 0.3) is 43.1 Å². The standard InChI is InChI=1S/C26H15F3S2/c27-19-6-1-16(2-7-19)21-11-13-30-25(21)18-5-10-23(24(29)15-18)26-22(12-14-31-26)17-3-8-20(28)9-4-17/h1-15H. The molecule has 5 rings (SSSR count). The summed E-state index contributed by atoms with van der Waals surface area (Å²) in [6.07, 6.45) is 0. The number of halogens is 3. The second-order valence-electron chi connectivity index (χ2n) is 7.04. The van der Waals surface area contributed by atoms with Crippen LogP contribution >= 0.6 is 22.7 Å². The molecule has 0 saturated heterocycles. The van der Waals surface area contributed by atoms with E-state index < -0.39 is 0 Å². The lowest BCUT2D eigenvalue weighted by Crippen LogP contribution is -1.87. The smallest absolute Gasteiger partial charge is 0.132 e. The summed E-state index contributed by atoms with van der Waals surface area (Å²) in [5, 5.41) is 3.86. The molecule has 0 unspecified atom stereocenters. The van der Waals surface area contributed by atoms with Crippen LogP contribution in [0.2, 0.25) is 0 Å². The van der Waals surface area contributed by atoms with Gasteiger partial charge in [-0.2, -0.15) is 0 Å². The number of hydrogen-bond donors (Lipinski definition) is 0. The summed E-state index contributed by atoms with van der Waals surface area (Å²) in [4.78, 5) is 1.74. The van der Waals surface area contributed by atoms with Gasteiger partial charge in [0.15, 0.2) is 0 Å². The van der Waals surface area contributed by atoms with Crippen LogP contribution in [0.4, 0.5) is 13.2 Å². The molecule has 0 spiro atoms. The molecule has 31 heavy (non-hydrogen) atoms. The molecule has 0 aliphatic carbocycles. The summed E-state index contributed by atoms with van der Waals surface area (Å²) in [5.41, 5.74) is 4.84. The van der Waals surface area contributed by atoms with E-state index in [0.717, 1.165) is 37.6 Å². The fraction of sp³-hybridized carbons (Fsp3) is 0. The Kier molecular flexibility index (Phi) is 5.22. The molecule has 0 amide bonds. The van der Waals surface area contributed by atoms with E-state index in [-0.39, 0.29) is 17.5 Å². The summed E-state index contributed by atoms with van der Waals surface area (Å²) in [6, 6.07) is 21.7. The zero-order chi connectivity index (χ0) is 21.4. The highest BCUT2D eigenvalue weighted by Crippen LogP contribution is 2.41. The Balaban J connectivity index is 1.54. The molecule has 0 radical (unpaired) electrons. The highest BCUT2D eigenvalue weighted by Gasteiger charge is 2.16. The van der Waals surface area contributed by atoms with Crippen molar-refractivity contribution in [2.75, 3.05) is 0 Å². The fourth-order valence-electron chi connectivity index (χ4n) is 3.60. The first-order valence-corrected chi connectivity index (χ1v) is 11.3. The van der Waals surface area contributed by atoms with Crippen LogP contribution in [-0.4, -0.2) is 0 Å². The van der Waals surface area contributed by atoms with Crippen molar-refractivity contribution in [2.45, 2.75) is 0 Å². The molecule has 5 aromatic rings. The molecule has 3 aromatic carbocycles. The van der Waals surface area contributed by atoms with Crippen molar-refractivity contribution >= 4 is 22.7 Å². The predicted molar refractivity (Wildman–Crippen MR) is 124 cm³/mol. The topological polar surface area (TPSA) is 0 Å². The SMILES string of the molecule is Fc1ccc(-c2ccsc2-c2ccc(-c3sccc3-c3ccc(F)cc3)c(F)c2)cc1. The molecule has 2 aromatic heterocycles. The summed E-state index contributed by atoms with van der Waals surface area (Å²) >= 11 is 2.98. The van der Waals surface area contributed by atoms with E-state index in [1.807, 2.05) is 29.0 Å². The average molecular weight is 449 g/mol. The lowest BCUT2D eigenvalue weighted by molar-refractivity contribution is 0.627. The number of rotatable bonds is 4. The van der Waals surface area contributed by atoms with Gasteiger partial charge in [0, 0.05) is 26.4 Å². The highest BCUT2D eigenvalue weighted by molar-refractivity contribution is 7.14. The molecule has 0 nitrogen and oxygen atoms in total. The molecule has 0 saturated carbocycles. The lowest BCUT2D eigenvalue weighted by atomic mass is 9.99. The van der Waals surface area contributed by atoms with Crippen LogP contribution in [0.1, 0.15) is 0 Å². The van der Waals surface area contributed by atoms with E-state index in [1.165, 1.54) is 46.9 Å². The summed E-state index contributed by atoms with van der Waals surface area (Å²) in [6.45, 7) is 0. The van der Waals surface area contributed by atoms with Crippen molar-refractivity contribution in [2.24, 2.45) is 0 Å². The van der Waals surface area contributed by atoms with Crippen LogP contribution in [-0.2, 0) is 0 Å². The Morgan fingerprint density at radius 3 is 1.48 bits per heavy atom. The molecule has 0 bridgehead atoms. The van der Waals surface area contributed by atoms with Gasteiger partial charge in [-0.3, -0.25) is 0 Å². The van der Waals surface area contributed by atoms with Crippen molar-refractivity contribution in [3.8, 4) is 43.1 Å². The Bertz CT molecular complexity index is 1350. The largest absolute Gasteiger partial charge is 0.207 e. The van der Waals surface area contributed by atoms with Gasteiger partial charge in [0.05, 0.1) is 0 Å². The molecule has 0 N–H and O–H groups in total. The normalized spacial score (nSPS) is 11.1. The van der Waals surface area contributed by atoms with Gasteiger partial charge in [-0.25, -0.2) is 13.2 Å². The van der Waals surface area contributed by atoms with Gasteiger partial charge in [0.2, 0.25) is 0 Å². The maximum absolute atomic E-state index is 15.3. The van der Waals surface area contributed by atoms with E-state index in [1.54, 1.807) is 36.4 Å². The highest BCUT2D eigenvalue weighted by atomic mass is 32.1. The van der Waals surface area contributed by atoms with E-state index >= 15 is 4.39 Å². The zero-order valence-electron chi connectivity index (χ0n) is 16.1. The third-order valence-electron chi connectivity index (χ3n) is 5.12. The monoisotopic (exact) mass is 448 g/mol. The summed E-state index contributed by atoms with van der Waals surface area (Å²) < 4.78 is 41.8. The molecule has 0 aliphatic rings. The summed E-state index contributed by atoms with van der Waals surface area (Å²) in [7, 11) is 0. The van der Waals surface area contributed by atoms with Crippen molar-refractivity contribution in [1.82, 2.24) is 0 Å². The van der Waals surface area contributed by atoms with E-state index in [2.05, 4.69) is 0 Å². The summed E-state index contributed by atoms with van der Waals surface area (Å²) in [5.74, 6) is -0.908. The first-order chi connectivity index (χ1) is 15.1. The van der Waals surface area contributed by atoms with Gasteiger partial charge in [-0.05, 0) is 76.0 Å². The quantitative estimate of drug-likeness (QED) is 0.257. The second kappa shape index (κ2) is 8.17. The maximum atomic E-state index is 15.3. The molecule has 152 valence electrons. The first kappa shape index (κ1) is 19.8. The molecule has 0 fully saturated rings. The van der Waals surface area contributed by atoms with Gasteiger partial charge in [0.25, 0.3) is 0 Å². The van der Waals surface area contributed by atoms with Gasteiger partial charge < -0.3 is 0 Å². The number of thiophene rings is 2. The number of benzene rings is 3. The van der Waals surface area contributed by atoms with Crippen LogP contribution in [0.3, 0.4) is 0 Å². The van der Waals surface area contributed by atoms with Crippen LogP contribution < -0.4 is 0 Å². The fourth-order valence-corrected chi connectivity index (χ4v) is 5.47. The minimum atomic E-state index is -0.318. The van der Waals surface area contributed by atoms with Crippen LogP contribution in [0.5, 0.6) is 0 Å². The molecular weight excluding hydrogens is 433 g/mol. The van der Waals surface area contributed by atoms with Gasteiger partial charge in [-0.1, -0.05) is 30.3 Å². The molecule has 0 atom stereocenters. The van der Waals surface area contributed by atoms with Crippen LogP contribution in [0.15, 0.2) is 89.6 Å². The number of hydrogen-bond acceptors (Lipinski definition) is 2. The van der Waals surface area contributed by atoms with E-state index in [9.17, 15) is 8.78 Å². The Morgan fingerprint density at radius 2 is 0.935 bits per heavy atom. The van der Waals surface area contributed by atoms with Crippen LogP contribution in [0, 0.1) is 17.5 Å². The third kappa shape index (κ3) is 3.82. The Labute approximate surface area is 185 Å². The van der Waals surface area contributed by atoms with Gasteiger partial charge in [0.1, 0.15) is 17.5 Å². The van der Waals surface area contributed by atoms with Gasteiger partial charge >= 0.3 is 0 Å². The molecule has 5 heteroatoms. The second-order valence-corrected chi connectivity index (χ2v) is 8.87. The first-order valence-electron chi connectivity index (χ1n) is 9.57. The Hall–Kier alpha value is -3.15. The Morgan fingerprint density at radius 1 is 0.452 bits per heavy atom. The maximum Gasteiger partial charge on any atom is 0.132 e. The van der Waals surface area contributed by atoms with Crippen molar-refractivity contribution in [3.05, 3.63) is 107 Å². The minimum absolute atomic E-state index is 0.288. The van der Waals surface area contributed by atoms with Gasteiger partial charge in [-0.15, -0.1) is 22.7 Å². The molecule has 0 aliphatic heterocycles. The third-order valence-corrected chi connectivity index (χ3v) is 7.03. The van der Waals surface area contributed by atoms with Crippen molar-refractivity contribution < 1.29 is 13.2 Å². The van der Waals surface area contributed by atoms with E-state index in [0.29, 0.717) is 5.56 Å².